The molecule has 0 N–H and O–H groups in total. The number of rotatable bonds is 5. The van der Waals surface area contributed by atoms with Gasteiger partial charge in [-0.2, -0.15) is 79.7 Å². The van der Waals surface area contributed by atoms with Gasteiger partial charge in [0.25, 0.3) is 0 Å². The molecule has 0 aromatic heterocycles. The van der Waals surface area contributed by atoms with Crippen LogP contribution in [-0.2, 0) is 34.1 Å². The van der Waals surface area contributed by atoms with Crippen molar-refractivity contribution in [1.29, 1.82) is 0 Å². The molecule has 4 unspecified atom stereocenters. The summed E-state index contributed by atoms with van der Waals surface area (Å²) in [5.41, 5.74) is 0. The molecule has 0 spiro atoms. The first-order valence-electron chi connectivity index (χ1n) is 13.8. The first-order chi connectivity index (χ1) is 16.4. The molecular formula is C30H50Fe2N4. The second-order valence-electron chi connectivity index (χ2n) is 10.8. The van der Waals surface area contributed by atoms with Gasteiger partial charge >= 0.3 is 34.1 Å². The van der Waals surface area contributed by atoms with Crippen LogP contribution in [0.4, 0.5) is 0 Å². The van der Waals surface area contributed by atoms with E-state index in [1.807, 2.05) is 25.6 Å². The summed E-state index contributed by atoms with van der Waals surface area (Å²) in [6.07, 6.45) is 23.6. The molecule has 0 aromatic carbocycles. The van der Waals surface area contributed by atoms with Crippen LogP contribution in [0.25, 0.3) is 0 Å². The predicted octanol–water partition coefficient (Wildman–Crippen LogP) is 8.69. The Bertz CT molecular complexity index is 627. The zero-order valence-electron chi connectivity index (χ0n) is 23.6. The van der Waals surface area contributed by atoms with Gasteiger partial charge < -0.3 is 23.7 Å². The molecule has 0 heterocycles. The zero-order chi connectivity index (χ0) is 24.8. The fraction of sp³-hybridized carbons (Fsp3) is 0.733. The van der Waals surface area contributed by atoms with Crippen molar-refractivity contribution in [3.63, 3.8) is 0 Å². The molecule has 4 rings (SSSR count). The van der Waals surface area contributed by atoms with Crippen LogP contribution in [0.1, 0.15) is 119 Å². The molecular weight excluding hydrogens is 528 g/mol. The third-order valence-corrected chi connectivity index (χ3v) is 8.20. The van der Waals surface area contributed by atoms with Crippen LogP contribution in [-0.4, -0.2) is 24.9 Å². The van der Waals surface area contributed by atoms with Gasteiger partial charge in [0.05, 0.1) is 0 Å². The number of nitrogens with zero attached hydrogens (tertiary/aromatic N) is 4. The van der Waals surface area contributed by atoms with Gasteiger partial charge in [-0.3, -0.25) is 0 Å². The minimum absolute atomic E-state index is 0. The van der Waals surface area contributed by atoms with E-state index in [1.54, 1.807) is 29.9 Å². The Kier molecular flexibility index (Phi) is 20.5. The average molecular weight is 578 g/mol. The van der Waals surface area contributed by atoms with Gasteiger partial charge in [-0.25, -0.2) is 0 Å². The van der Waals surface area contributed by atoms with Crippen LogP contribution in [0.3, 0.4) is 0 Å². The van der Waals surface area contributed by atoms with Crippen molar-refractivity contribution >= 4 is 24.9 Å². The molecule has 0 saturated heterocycles. The molecule has 4 atom stereocenters. The monoisotopic (exact) mass is 578 g/mol. The van der Waals surface area contributed by atoms with E-state index in [1.165, 1.54) is 77.0 Å². The first-order valence-corrected chi connectivity index (χ1v) is 13.8. The van der Waals surface area contributed by atoms with E-state index < -0.39 is 0 Å². The third kappa shape index (κ3) is 13.5. The van der Waals surface area contributed by atoms with Crippen molar-refractivity contribution in [2.24, 2.45) is 44.1 Å². The quantitative estimate of drug-likeness (QED) is 0.136. The third-order valence-electron chi connectivity index (χ3n) is 8.20. The van der Waals surface area contributed by atoms with Crippen LogP contribution >= 0.6 is 0 Å². The van der Waals surface area contributed by atoms with Gasteiger partial charge in [0.2, 0.25) is 0 Å². The topological polar surface area (TPSA) is 49.4 Å². The van der Waals surface area contributed by atoms with Gasteiger partial charge in [0.15, 0.2) is 0 Å². The van der Waals surface area contributed by atoms with Crippen LogP contribution in [0.2, 0.25) is 0 Å². The maximum Gasteiger partial charge on any atom is 2.00 e. The summed E-state index contributed by atoms with van der Waals surface area (Å²) in [7, 11) is 0. The molecule has 0 amide bonds. The Morgan fingerprint density at radius 1 is 0.528 bits per heavy atom. The minimum Gasteiger partial charge on any atom is -0.314 e. The summed E-state index contributed by atoms with van der Waals surface area (Å²) in [4.78, 5) is 0. The van der Waals surface area contributed by atoms with Gasteiger partial charge in [-0.05, 0) is 6.92 Å². The molecule has 36 heavy (non-hydrogen) atoms. The van der Waals surface area contributed by atoms with E-state index >= 15 is 0 Å². The Hall–Kier alpha value is -0.281. The van der Waals surface area contributed by atoms with Crippen molar-refractivity contribution in [2.45, 2.75) is 119 Å². The second kappa shape index (κ2) is 20.7. The molecule has 4 aliphatic rings. The average Bonchev–Trinajstić information content (AvgIpc) is 3.60. The second-order valence-corrected chi connectivity index (χ2v) is 10.8. The predicted molar refractivity (Wildman–Crippen MR) is 150 cm³/mol. The molecule has 206 valence electrons. The maximum absolute atomic E-state index is 4.21. The molecule has 4 nitrogen and oxygen atoms in total. The van der Waals surface area contributed by atoms with E-state index in [9.17, 15) is 0 Å². The van der Waals surface area contributed by atoms with E-state index in [0.717, 1.165) is 5.92 Å². The van der Waals surface area contributed by atoms with Crippen LogP contribution in [0.5, 0.6) is 0 Å². The SMILES string of the molecule is C/C=N/N=C/C1CCC[C-]1C.C[C-]1CCCC1/C=N/N=C/C1CCC[C-]1C.C[C-]1CCCC1C.[Fe+2].[Fe+2]. The Morgan fingerprint density at radius 2 is 0.861 bits per heavy atom. The summed E-state index contributed by atoms with van der Waals surface area (Å²) < 4.78 is 0. The molecule has 0 radical (unpaired) electrons. The minimum atomic E-state index is 0. The smallest absolute Gasteiger partial charge is 0.314 e. The van der Waals surface area contributed by atoms with Crippen LogP contribution in [0.15, 0.2) is 20.4 Å². The van der Waals surface area contributed by atoms with Crippen LogP contribution in [0, 0.1) is 47.3 Å². The molecule has 6 heteroatoms. The maximum atomic E-state index is 4.21. The van der Waals surface area contributed by atoms with Crippen molar-refractivity contribution in [3.05, 3.63) is 23.7 Å². The molecule has 0 bridgehead atoms. The summed E-state index contributed by atoms with van der Waals surface area (Å²) >= 11 is 0. The number of hydrogen-bond acceptors (Lipinski definition) is 4. The van der Waals surface area contributed by atoms with Gasteiger partial charge in [-0.15, -0.1) is 17.8 Å². The zero-order valence-corrected chi connectivity index (χ0v) is 25.8. The first kappa shape index (κ1) is 35.7. The fourth-order valence-electron chi connectivity index (χ4n) is 5.31. The van der Waals surface area contributed by atoms with E-state index in [2.05, 4.69) is 55.0 Å². The Balaban J connectivity index is 0.000000536. The largest absolute Gasteiger partial charge is 2.00 e. The summed E-state index contributed by atoms with van der Waals surface area (Å²) in [6.45, 7) is 13.2. The molecule has 0 aliphatic heterocycles. The Morgan fingerprint density at radius 3 is 1.08 bits per heavy atom. The van der Waals surface area contributed by atoms with E-state index in [4.69, 9.17) is 0 Å². The van der Waals surface area contributed by atoms with Crippen molar-refractivity contribution in [3.8, 4) is 0 Å². The number of hydrogen-bond donors (Lipinski definition) is 0. The normalized spacial score (nSPS) is 30.1. The fourth-order valence-corrected chi connectivity index (χ4v) is 5.31. The standard InChI is InChI=1S/C14H22N2.C9H15N2.C7H13.2Fe/c1-11-5-3-7-13(11)9-15-16-10-14-8-4-6-12(14)2;1-3-10-11-7-9-6-4-5-8(9)2;1-6-4-3-5-7(6)2;;/h9-10,13-14H,3-8H2,1-2H3;3,7,9H,4-6H2,1-2H3;6H,3-5H2,1-2H3;;/q-2;2*-1;2*+2/b15-9+,16-10+;10-3+,11-7+;;;. The van der Waals surface area contributed by atoms with E-state index in [-0.39, 0.29) is 34.1 Å². The molecule has 4 saturated carbocycles. The van der Waals surface area contributed by atoms with E-state index in [0.29, 0.717) is 17.8 Å². The van der Waals surface area contributed by atoms with Crippen molar-refractivity contribution in [2.75, 3.05) is 0 Å². The van der Waals surface area contributed by atoms with Crippen molar-refractivity contribution < 1.29 is 34.1 Å². The van der Waals surface area contributed by atoms with Gasteiger partial charge in [0.1, 0.15) is 0 Å². The van der Waals surface area contributed by atoms with Gasteiger partial charge in [0, 0.05) is 24.9 Å². The van der Waals surface area contributed by atoms with Crippen LogP contribution < -0.4 is 0 Å². The Labute approximate surface area is 244 Å². The summed E-state index contributed by atoms with van der Waals surface area (Å²) in [6, 6.07) is 0. The molecule has 4 fully saturated rings. The van der Waals surface area contributed by atoms with Crippen molar-refractivity contribution in [1.82, 2.24) is 0 Å². The summed E-state index contributed by atoms with van der Waals surface area (Å²) in [5.74, 6) is 9.11. The molecule has 4 aliphatic carbocycles. The molecule has 0 aromatic rings. The van der Waals surface area contributed by atoms with Gasteiger partial charge in [-0.1, -0.05) is 58.3 Å². The summed E-state index contributed by atoms with van der Waals surface area (Å²) in [5, 5.41) is 16.2.